The van der Waals surface area contributed by atoms with Crippen molar-refractivity contribution in [2.45, 2.75) is 18.4 Å². The molecule has 6 nitrogen and oxygen atoms in total. The van der Waals surface area contributed by atoms with Crippen molar-refractivity contribution in [1.82, 2.24) is 15.3 Å². The zero-order valence-electron chi connectivity index (χ0n) is 12.8. The molecular weight excluding hydrogens is 312 g/mol. The van der Waals surface area contributed by atoms with Gasteiger partial charge in [0, 0.05) is 42.8 Å². The number of rotatable bonds is 7. The lowest BCUT2D eigenvalue weighted by molar-refractivity contribution is -0.116. The van der Waals surface area contributed by atoms with Crippen LogP contribution in [0.3, 0.4) is 0 Å². The van der Waals surface area contributed by atoms with E-state index in [-0.39, 0.29) is 24.8 Å². The van der Waals surface area contributed by atoms with Crippen LogP contribution < -0.4 is 10.6 Å². The van der Waals surface area contributed by atoms with Crippen LogP contribution in [0.25, 0.3) is 0 Å². The third kappa shape index (κ3) is 5.71. The van der Waals surface area contributed by atoms with E-state index in [4.69, 9.17) is 0 Å². The highest BCUT2D eigenvalue weighted by Crippen LogP contribution is 2.15. The monoisotopic (exact) mass is 330 g/mol. The van der Waals surface area contributed by atoms with Gasteiger partial charge in [0.1, 0.15) is 0 Å². The molecule has 0 aliphatic carbocycles. The van der Waals surface area contributed by atoms with Crippen molar-refractivity contribution >= 4 is 29.3 Å². The molecule has 2 heterocycles. The zero-order valence-corrected chi connectivity index (χ0v) is 13.6. The van der Waals surface area contributed by atoms with Crippen LogP contribution in [0.1, 0.15) is 23.7 Å². The number of thioether (sulfide) groups is 1. The number of nitrogens with zero attached hydrogens (tertiary/aromatic N) is 2. The summed E-state index contributed by atoms with van der Waals surface area (Å²) in [5.74, 6) is 0.531. The van der Waals surface area contributed by atoms with Gasteiger partial charge in [-0.1, -0.05) is 6.92 Å². The van der Waals surface area contributed by atoms with E-state index in [1.165, 1.54) is 0 Å². The fourth-order valence-electron chi connectivity index (χ4n) is 1.83. The minimum Gasteiger partial charge on any atom is -0.352 e. The first-order valence-electron chi connectivity index (χ1n) is 7.26. The molecule has 0 spiro atoms. The summed E-state index contributed by atoms with van der Waals surface area (Å²) in [5.41, 5.74) is 1.23. The highest BCUT2D eigenvalue weighted by molar-refractivity contribution is 7.99. The molecule has 120 valence electrons. The third-order valence-corrected chi connectivity index (χ3v) is 3.70. The number of hydrogen-bond acceptors (Lipinski definition) is 5. The maximum absolute atomic E-state index is 12.1. The van der Waals surface area contributed by atoms with Crippen molar-refractivity contribution in [3.8, 4) is 0 Å². The largest absolute Gasteiger partial charge is 0.352 e. The van der Waals surface area contributed by atoms with Gasteiger partial charge in [0.15, 0.2) is 0 Å². The average molecular weight is 330 g/mol. The van der Waals surface area contributed by atoms with Gasteiger partial charge in [0.05, 0.1) is 5.03 Å². The van der Waals surface area contributed by atoms with Gasteiger partial charge in [-0.2, -0.15) is 0 Å². The van der Waals surface area contributed by atoms with E-state index < -0.39 is 0 Å². The van der Waals surface area contributed by atoms with Crippen LogP contribution in [0.15, 0.2) is 47.9 Å². The van der Waals surface area contributed by atoms with E-state index in [0.29, 0.717) is 11.3 Å². The van der Waals surface area contributed by atoms with Crippen LogP contribution in [0.2, 0.25) is 0 Å². The quantitative estimate of drug-likeness (QED) is 0.761. The first kappa shape index (κ1) is 17.0. The molecule has 0 aliphatic rings. The smallest absolute Gasteiger partial charge is 0.251 e. The van der Waals surface area contributed by atoms with E-state index in [0.717, 1.165) is 10.8 Å². The van der Waals surface area contributed by atoms with Crippen LogP contribution in [-0.2, 0) is 4.79 Å². The van der Waals surface area contributed by atoms with Crippen LogP contribution in [0.5, 0.6) is 0 Å². The molecule has 2 N–H and O–H groups in total. The van der Waals surface area contributed by atoms with Crippen LogP contribution in [0.4, 0.5) is 5.69 Å². The number of pyridine rings is 2. The van der Waals surface area contributed by atoms with Gasteiger partial charge in [-0.15, -0.1) is 11.8 Å². The molecule has 0 atom stereocenters. The summed E-state index contributed by atoms with van der Waals surface area (Å²) < 4.78 is 0. The van der Waals surface area contributed by atoms with Crippen molar-refractivity contribution in [3.05, 3.63) is 48.4 Å². The van der Waals surface area contributed by atoms with Crippen LogP contribution >= 0.6 is 11.8 Å². The van der Waals surface area contributed by atoms with E-state index in [9.17, 15) is 9.59 Å². The average Bonchev–Trinajstić information content (AvgIpc) is 2.56. The maximum Gasteiger partial charge on any atom is 0.251 e. The summed E-state index contributed by atoms with van der Waals surface area (Å²) in [7, 11) is 0. The third-order valence-electron chi connectivity index (χ3n) is 2.89. The Bertz CT molecular complexity index is 664. The zero-order chi connectivity index (χ0) is 16.5. The Labute approximate surface area is 139 Å². The molecule has 0 saturated carbocycles. The van der Waals surface area contributed by atoms with Crippen molar-refractivity contribution in [1.29, 1.82) is 0 Å². The Morgan fingerprint density at radius 1 is 1.17 bits per heavy atom. The van der Waals surface area contributed by atoms with Gasteiger partial charge in [-0.25, -0.2) is 4.98 Å². The summed E-state index contributed by atoms with van der Waals surface area (Å²) in [6, 6.07) is 6.83. The standard InChI is InChI=1S/C16H18N4O2S/c1-2-23-15-11-12(3-9-18-15)16(22)19-10-6-14(21)20-13-4-7-17-8-5-13/h3-5,7-9,11H,2,6,10H2,1H3,(H,19,22)(H,17,20,21). The SMILES string of the molecule is CCSc1cc(C(=O)NCCC(=O)Nc2ccncc2)ccn1. The van der Waals surface area contributed by atoms with Crippen molar-refractivity contribution in [2.75, 3.05) is 17.6 Å². The molecule has 0 bridgehead atoms. The molecule has 0 aliphatic heterocycles. The summed E-state index contributed by atoms with van der Waals surface area (Å²) in [6.45, 7) is 2.30. The number of carbonyl (C=O) groups excluding carboxylic acids is 2. The predicted octanol–water partition coefficient (Wildman–Crippen LogP) is 2.35. The number of nitrogens with one attached hydrogen (secondary N) is 2. The summed E-state index contributed by atoms with van der Waals surface area (Å²) in [4.78, 5) is 31.9. The first-order chi connectivity index (χ1) is 11.2. The second-order valence-electron chi connectivity index (χ2n) is 4.61. The Balaban J connectivity index is 1.78. The Hall–Kier alpha value is -2.41. The predicted molar refractivity (Wildman–Crippen MR) is 90.5 cm³/mol. The van der Waals surface area contributed by atoms with E-state index in [1.54, 1.807) is 54.6 Å². The molecular formula is C16H18N4O2S. The molecule has 2 amide bonds. The number of carbonyl (C=O) groups is 2. The molecule has 0 saturated heterocycles. The van der Waals surface area contributed by atoms with E-state index in [1.807, 2.05) is 6.92 Å². The highest BCUT2D eigenvalue weighted by atomic mass is 32.2. The minimum absolute atomic E-state index is 0.159. The van der Waals surface area contributed by atoms with Crippen molar-refractivity contribution in [2.24, 2.45) is 0 Å². The summed E-state index contributed by atoms with van der Waals surface area (Å²) >= 11 is 1.58. The summed E-state index contributed by atoms with van der Waals surface area (Å²) in [6.07, 6.45) is 5.03. The van der Waals surface area contributed by atoms with Crippen molar-refractivity contribution in [3.63, 3.8) is 0 Å². The van der Waals surface area contributed by atoms with Crippen molar-refractivity contribution < 1.29 is 9.59 Å². The molecule has 2 aromatic rings. The van der Waals surface area contributed by atoms with E-state index in [2.05, 4.69) is 20.6 Å². The number of amides is 2. The molecule has 0 aromatic carbocycles. The first-order valence-corrected chi connectivity index (χ1v) is 8.24. The fraction of sp³-hybridized carbons (Fsp3) is 0.250. The second-order valence-corrected chi connectivity index (χ2v) is 5.89. The van der Waals surface area contributed by atoms with Gasteiger partial charge in [0.25, 0.3) is 5.91 Å². The molecule has 0 fully saturated rings. The number of anilines is 1. The molecule has 2 rings (SSSR count). The Morgan fingerprint density at radius 2 is 1.96 bits per heavy atom. The van der Waals surface area contributed by atoms with Gasteiger partial charge in [-0.3, -0.25) is 14.6 Å². The fourth-order valence-corrected chi connectivity index (χ4v) is 2.47. The summed E-state index contributed by atoms with van der Waals surface area (Å²) in [5, 5.41) is 6.29. The molecule has 7 heteroatoms. The Kier molecular flexibility index (Phi) is 6.56. The lowest BCUT2D eigenvalue weighted by Crippen LogP contribution is -2.27. The van der Waals surface area contributed by atoms with Crippen LogP contribution in [-0.4, -0.2) is 34.1 Å². The molecule has 2 aromatic heterocycles. The topological polar surface area (TPSA) is 84.0 Å². The molecule has 0 radical (unpaired) electrons. The van der Waals surface area contributed by atoms with E-state index >= 15 is 0 Å². The molecule has 23 heavy (non-hydrogen) atoms. The second kappa shape index (κ2) is 8.89. The minimum atomic E-state index is -0.206. The van der Waals surface area contributed by atoms with Gasteiger partial charge >= 0.3 is 0 Å². The maximum atomic E-state index is 12.1. The van der Waals surface area contributed by atoms with Crippen LogP contribution in [0, 0.1) is 0 Å². The highest BCUT2D eigenvalue weighted by Gasteiger charge is 2.08. The van der Waals surface area contributed by atoms with Gasteiger partial charge in [-0.05, 0) is 30.0 Å². The normalized spacial score (nSPS) is 10.1. The van der Waals surface area contributed by atoms with Gasteiger partial charge in [0.2, 0.25) is 5.91 Å². The van der Waals surface area contributed by atoms with Gasteiger partial charge < -0.3 is 10.6 Å². The lowest BCUT2D eigenvalue weighted by atomic mass is 10.2. The lowest BCUT2D eigenvalue weighted by Gasteiger charge is -2.07. The molecule has 0 unspecified atom stereocenters. The Morgan fingerprint density at radius 3 is 2.70 bits per heavy atom. The number of hydrogen-bond donors (Lipinski definition) is 2. The number of aromatic nitrogens is 2.